The van der Waals surface area contributed by atoms with Gasteiger partial charge < -0.3 is 4.74 Å². The van der Waals surface area contributed by atoms with Crippen LogP contribution in [0.3, 0.4) is 0 Å². The van der Waals surface area contributed by atoms with Crippen molar-refractivity contribution in [2.45, 2.75) is 6.92 Å². The molecule has 0 saturated carbocycles. The Morgan fingerprint density at radius 3 is 2.76 bits per heavy atom. The van der Waals surface area contributed by atoms with Gasteiger partial charge in [-0.05, 0) is 6.92 Å². The minimum absolute atomic E-state index is 0.0138. The van der Waals surface area contributed by atoms with E-state index in [-0.39, 0.29) is 11.8 Å². The van der Waals surface area contributed by atoms with Crippen LogP contribution in [0.2, 0.25) is 0 Å². The molecule has 0 bridgehead atoms. The van der Waals surface area contributed by atoms with Gasteiger partial charge in [0.15, 0.2) is 0 Å². The van der Waals surface area contributed by atoms with Gasteiger partial charge in [0, 0.05) is 5.56 Å². The largest absolute Gasteiger partial charge is 0.463 e. The van der Waals surface area contributed by atoms with Crippen molar-refractivity contribution in [1.82, 2.24) is 30.2 Å². The summed E-state index contributed by atoms with van der Waals surface area (Å²) in [6, 6.07) is 7.91. The summed E-state index contributed by atoms with van der Waals surface area (Å²) in [6.07, 6.45) is 1.69. The Labute approximate surface area is 119 Å². The molecule has 8 heteroatoms. The van der Waals surface area contributed by atoms with Crippen molar-refractivity contribution in [3.8, 4) is 17.2 Å². The van der Waals surface area contributed by atoms with Crippen molar-refractivity contribution in [3.05, 3.63) is 41.9 Å². The predicted molar refractivity (Wildman–Crippen MR) is 72.8 cm³/mol. The summed E-state index contributed by atoms with van der Waals surface area (Å²) in [4.78, 5) is 15.3. The van der Waals surface area contributed by atoms with E-state index in [2.05, 4.69) is 30.2 Å². The number of nitrogens with one attached hydrogen (secondary N) is 1. The van der Waals surface area contributed by atoms with Crippen molar-refractivity contribution in [2.24, 2.45) is 0 Å². The average molecular weight is 284 g/mol. The number of carbonyl (C=O) groups excluding carboxylic acids is 1. The molecule has 0 aliphatic rings. The van der Waals surface area contributed by atoms with E-state index in [9.17, 15) is 4.79 Å². The van der Waals surface area contributed by atoms with Crippen LogP contribution < -0.4 is 0 Å². The molecule has 8 nitrogen and oxygen atoms in total. The zero-order valence-corrected chi connectivity index (χ0v) is 11.4. The van der Waals surface area contributed by atoms with E-state index >= 15 is 0 Å². The minimum Gasteiger partial charge on any atom is -0.463 e. The maximum atomic E-state index is 11.3. The van der Waals surface area contributed by atoms with E-state index in [1.165, 1.54) is 17.4 Å². The lowest BCUT2D eigenvalue weighted by molar-refractivity contribution is 0.0587. The number of aromatic nitrogens is 6. The van der Waals surface area contributed by atoms with Gasteiger partial charge in [0.2, 0.25) is 5.82 Å². The molecule has 2 heterocycles. The van der Waals surface area contributed by atoms with Gasteiger partial charge in [0.1, 0.15) is 5.69 Å². The third kappa shape index (κ3) is 2.50. The summed E-state index contributed by atoms with van der Waals surface area (Å²) in [5, 5.41) is 14.4. The lowest BCUT2D eigenvalue weighted by Gasteiger charge is -1.95. The molecule has 0 aliphatic carbocycles. The van der Waals surface area contributed by atoms with Crippen LogP contribution in [0.15, 0.2) is 30.5 Å². The highest BCUT2D eigenvalue weighted by molar-refractivity contribution is 5.85. The molecule has 0 fully saturated rings. The first-order valence-electron chi connectivity index (χ1n) is 6.18. The minimum atomic E-state index is -0.590. The number of hydrogen-bond acceptors (Lipinski definition) is 6. The van der Waals surface area contributed by atoms with Gasteiger partial charge in [0.05, 0.1) is 13.3 Å². The van der Waals surface area contributed by atoms with Gasteiger partial charge in [-0.1, -0.05) is 35.0 Å². The van der Waals surface area contributed by atoms with E-state index in [1.807, 2.05) is 31.2 Å². The van der Waals surface area contributed by atoms with Crippen LogP contribution in [0.4, 0.5) is 0 Å². The van der Waals surface area contributed by atoms with Gasteiger partial charge in [-0.25, -0.2) is 4.79 Å². The molecule has 0 spiro atoms. The predicted octanol–water partition coefficient (Wildman–Crippen LogP) is 1.15. The second kappa shape index (κ2) is 5.16. The molecule has 2 aromatic heterocycles. The summed E-state index contributed by atoms with van der Waals surface area (Å²) in [6.45, 7) is 2.02. The van der Waals surface area contributed by atoms with Gasteiger partial charge in [-0.15, -0.1) is 10.2 Å². The Bertz CT molecular complexity index is 774. The van der Waals surface area contributed by atoms with Crippen LogP contribution in [0.5, 0.6) is 0 Å². The maximum absolute atomic E-state index is 11.3. The fourth-order valence-electron chi connectivity index (χ4n) is 1.76. The number of hydrogen-bond donors (Lipinski definition) is 1. The fraction of sp³-hybridized carbons (Fsp3) is 0.154. The standard InChI is InChI=1S/C13H12N6O2/c1-8-3-5-9(6-4-8)10-7-19(18-15-10)13-14-11(16-17-13)12(20)21-2/h3-7H,1-2H3,(H,14,16,17). The first-order chi connectivity index (χ1) is 10.2. The molecule has 3 rings (SSSR count). The van der Waals surface area contributed by atoms with Crippen molar-refractivity contribution >= 4 is 5.97 Å². The fourth-order valence-corrected chi connectivity index (χ4v) is 1.76. The monoisotopic (exact) mass is 284 g/mol. The number of esters is 1. The number of aromatic amines is 1. The summed E-state index contributed by atoms with van der Waals surface area (Å²) in [5.41, 5.74) is 2.80. The number of nitrogens with zero attached hydrogens (tertiary/aromatic N) is 5. The highest BCUT2D eigenvalue weighted by Crippen LogP contribution is 2.17. The first kappa shape index (κ1) is 13.0. The van der Waals surface area contributed by atoms with Crippen LogP contribution in [0.25, 0.3) is 17.2 Å². The Morgan fingerprint density at radius 2 is 2.05 bits per heavy atom. The summed E-state index contributed by atoms with van der Waals surface area (Å²) < 4.78 is 5.94. The van der Waals surface area contributed by atoms with E-state index < -0.39 is 5.97 Å². The van der Waals surface area contributed by atoms with E-state index in [4.69, 9.17) is 0 Å². The first-order valence-corrected chi connectivity index (χ1v) is 6.18. The van der Waals surface area contributed by atoms with Gasteiger partial charge in [-0.3, -0.25) is 5.10 Å². The van der Waals surface area contributed by atoms with Crippen LogP contribution in [-0.4, -0.2) is 43.3 Å². The number of ether oxygens (including phenoxy) is 1. The molecule has 3 aromatic rings. The molecular formula is C13H12N6O2. The summed E-state index contributed by atoms with van der Waals surface area (Å²) >= 11 is 0. The molecule has 106 valence electrons. The van der Waals surface area contributed by atoms with Gasteiger partial charge >= 0.3 is 5.97 Å². The van der Waals surface area contributed by atoms with E-state index in [1.54, 1.807) is 6.20 Å². The molecule has 0 unspecified atom stereocenters. The zero-order chi connectivity index (χ0) is 14.8. The molecule has 1 aromatic carbocycles. The number of aryl methyl sites for hydroxylation is 1. The third-order valence-electron chi connectivity index (χ3n) is 2.90. The van der Waals surface area contributed by atoms with Gasteiger partial charge in [0.25, 0.3) is 5.95 Å². The number of methoxy groups -OCH3 is 1. The van der Waals surface area contributed by atoms with Crippen LogP contribution in [-0.2, 0) is 4.74 Å². The zero-order valence-electron chi connectivity index (χ0n) is 11.4. The number of rotatable bonds is 3. The van der Waals surface area contributed by atoms with Crippen LogP contribution in [0.1, 0.15) is 16.2 Å². The molecule has 1 N–H and O–H groups in total. The second-order valence-electron chi connectivity index (χ2n) is 4.39. The SMILES string of the molecule is COC(=O)c1nc(-n2cc(-c3ccc(C)cc3)nn2)n[nH]1. The highest BCUT2D eigenvalue weighted by atomic mass is 16.5. The lowest BCUT2D eigenvalue weighted by Crippen LogP contribution is -2.04. The molecule has 0 saturated heterocycles. The molecule has 0 atom stereocenters. The normalized spacial score (nSPS) is 10.6. The smallest absolute Gasteiger partial charge is 0.375 e. The van der Waals surface area contributed by atoms with Crippen molar-refractivity contribution in [1.29, 1.82) is 0 Å². The van der Waals surface area contributed by atoms with E-state index in [0.29, 0.717) is 5.69 Å². The number of H-pyrrole nitrogens is 1. The molecule has 0 aliphatic heterocycles. The topological polar surface area (TPSA) is 98.6 Å². The third-order valence-corrected chi connectivity index (χ3v) is 2.90. The molecule has 21 heavy (non-hydrogen) atoms. The van der Waals surface area contributed by atoms with Crippen LogP contribution >= 0.6 is 0 Å². The molecule has 0 radical (unpaired) electrons. The van der Waals surface area contributed by atoms with E-state index in [0.717, 1.165) is 5.56 Å². The average Bonchev–Trinajstić information content (AvgIpc) is 3.16. The Balaban J connectivity index is 1.89. The molecular weight excluding hydrogens is 272 g/mol. The summed E-state index contributed by atoms with van der Waals surface area (Å²) in [5.74, 6) is -0.353. The van der Waals surface area contributed by atoms with Crippen LogP contribution in [0, 0.1) is 6.92 Å². The lowest BCUT2D eigenvalue weighted by atomic mass is 10.1. The van der Waals surface area contributed by atoms with Crippen molar-refractivity contribution < 1.29 is 9.53 Å². The Kier molecular flexibility index (Phi) is 3.19. The summed E-state index contributed by atoms with van der Waals surface area (Å²) in [7, 11) is 1.27. The Hall–Kier alpha value is -3.03. The number of carbonyl (C=O) groups is 1. The quantitative estimate of drug-likeness (QED) is 0.724. The second-order valence-corrected chi connectivity index (χ2v) is 4.39. The maximum Gasteiger partial charge on any atom is 0.375 e. The molecule has 0 amide bonds. The number of benzene rings is 1. The highest BCUT2D eigenvalue weighted by Gasteiger charge is 2.14. The van der Waals surface area contributed by atoms with Gasteiger partial charge in [-0.2, -0.15) is 9.67 Å². The van der Waals surface area contributed by atoms with Crippen molar-refractivity contribution in [3.63, 3.8) is 0 Å². The Morgan fingerprint density at radius 1 is 1.29 bits per heavy atom. The van der Waals surface area contributed by atoms with Crippen molar-refractivity contribution in [2.75, 3.05) is 7.11 Å².